The van der Waals surface area contributed by atoms with E-state index in [0.29, 0.717) is 0 Å². The van der Waals surface area contributed by atoms with Gasteiger partial charge in [-0.2, -0.15) is 0 Å². The Hall–Kier alpha value is -0.610. The van der Waals surface area contributed by atoms with Gasteiger partial charge in [-0.3, -0.25) is 0 Å². The lowest BCUT2D eigenvalue weighted by atomic mass is 10.3. The lowest BCUT2D eigenvalue weighted by Crippen LogP contribution is -1.87. The van der Waals surface area contributed by atoms with E-state index >= 15 is 0 Å². The van der Waals surface area contributed by atoms with E-state index < -0.39 is 21.4 Å². The first-order valence-electron chi connectivity index (χ1n) is 2.71. The van der Waals surface area contributed by atoms with Gasteiger partial charge in [0.2, 0.25) is 0 Å². The van der Waals surface area contributed by atoms with Crippen LogP contribution in [0.4, 0.5) is 4.39 Å². The van der Waals surface area contributed by atoms with Crippen LogP contribution in [0.2, 0.25) is 5.02 Å². The minimum absolute atomic E-state index is 0.0823. The summed E-state index contributed by atoms with van der Waals surface area (Å²) in [7, 11) is -2.94. The molecule has 2 nitrogen and oxygen atoms in total. The molecule has 0 saturated carbocycles. The van der Waals surface area contributed by atoms with E-state index in [4.69, 9.17) is 11.6 Å². The first-order valence-corrected chi connectivity index (χ1v) is 4.27. The first-order chi connectivity index (χ1) is 5.13. The Kier molecular flexibility index (Phi) is 2.46. The van der Waals surface area contributed by atoms with Crippen molar-refractivity contribution < 1.29 is 12.8 Å². The molecule has 11 heavy (non-hydrogen) atoms. The largest absolute Gasteiger partial charge is 0.227 e. The van der Waals surface area contributed by atoms with Gasteiger partial charge in [-0.25, -0.2) is 12.8 Å². The van der Waals surface area contributed by atoms with E-state index in [1.54, 1.807) is 0 Å². The molecule has 0 N–H and O–H groups in total. The quantitative estimate of drug-likeness (QED) is 0.687. The molecule has 1 aromatic rings. The Labute approximate surface area is 69.6 Å². The number of hydrogen-bond acceptors (Lipinski definition) is 2. The zero-order valence-corrected chi connectivity index (χ0v) is 6.90. The minimum atomic E-state index is -2.94. The lowest BCUT2D eigenvalue weighted by molar-refractivity contribution is 0.579. The van der Waals surface area contributed by atoms with Crippen LogP contribution in [0.15, 0.2) is 23.1 Å². The molecule has 0 aliphatic rings. The summed E-state index contributed by atoms with van der Waals surface area (Å²) >= 11 is 5.40. The van der Waals surface area contributed by atoms with Crippen LogP contribution in [0.3, 0.4) is 0 Å². The third-order valence-corrected chi connectivity index (χ3v) is 2.39. The van der Waals surface area contributed by atoms with E-state index in [0.717, 1.165) is 6.07 Å². The molecular weight excluding hydrogens is 191 g/mol. The summed E-state index contributed by atoms with van der Waals surface area (Å²) in [5.41, 5.74) is 0. The van der Waals surface area contributed by atoms with Gasteiger partial charge in [0.05, 0.1) is 5.02 Å². The van der Waals surface area contributed by atoms with Crippen LogP contribution in [0.25, 0.3) is 0 Å². The zero-order valence-electron chi connectivity index (χ0n) is 5.25. The highest BCUT2D eigenvalue weighted by Crippen LogP contribution is 2.19. The van der Waals surface area contributed by atoms with Gasteiger partial charge in [0.1, 0.15) is 10.7 Å². The van der Waals surface area contributed by atoms with Gasteiger partial charge in [0.25, 0.3) is 0 Å². The second-order valence-corrected chi connectivity index (χ2v) is 3.20. The maximum atomic E-state index is 12.6. The summed E-state index contributed by atoms with van der Waals surface area (Å²) in [6.07, 6.45) is 0. The van der Waals surface area contributed by atoms with E-state index in [1.165, 1.54) is 12.1 Å². The fraction of sp³-hybridized carbons (Fsp3) is 0. The summed E-state index contributed by atoms with van der Waals surface area (Å²) in [6, 6.07) is 3.72. The van der Waals surface area contributed by atoms with Crippen LogP contribution in [-0.2, 0) is 10.7 Å². The van der Waals surface area contributed by atoms with Crippen LogP contribution in [-0.4, -0.2) is 8.42 Å². The van der Waals surface area contributed by atoms with Crippen molar-refractivity contribution in [1.29, 1.82) is 0 Å². The van der Waals surface area contributed by atoms with E-state index in [2.05, 4.69) is 0 Å². The molecule has 0 heterocycles. The van der Waals surface area contributed by atoms with Crippen molar-refractivity contribution in [3.8, 4) is 0 Å². The number of thiol groups is 1. The maximum Gasteiger partial charge on any atom is 0.172 e. The van der Waals surface area contributed by atoms with Gasteiger partial charge >= 0.3 is 0 Å². The molecule has 1 aromatic carbocycles. The zero-order chi connectivity index (χ0) is 8.43. The van der Waals surface area contributed by atoms with Gasteiger partial charge in [-0.15, -0.1) is 0 Å². The lowest BCUT2D eigenvalue weighted by Gasteiger charge is -1.95. The molecule has 0 unspecified atom stereocenters. The molecule has 5 heteroatoms. The third kappa shape index (κ3) is 1.70. The second kappa shape index (κ2) is 3.19. The average molecular weight is 195 g/mol. The summed E-state index contributed by atoms with van der Waals surface area (Å²) in [5, 5.41) is -0.0823. The fourth-order valence-corrected chi connectivity index (χ4v) is 1.53. The topological polar surface area (TPSA) is 34.1 Å². The predicted octanol–water partition coefficient (Wildman–Crippen LogP) is 1.45. The second-order valence-electron chi connectivity index (χ2n) is 1.83. The van der Waals surface area contributed by atoms with Gasteiger partial charge in [0, 0.05) is 0 Å². The molecule has 0 bridgehead atoms. The molecule has 0 radical (unpaired) electrons. The van der Waals surface area contributed by atoms with Gasteiger partial charge in [-0.1, -0.05) is 17.7 Å². The highest BCUT2D eigenvalue weighted by atomic mass is 35.5. The number of benzene rings is 1. The van der Waals surface area contributed by atoms with Crippen molar-refractivity contribution in [3.63, 3.8) is 0 Å². The van der Waals surface area contributed by atoms with Crippen molar-refractivity contribution in [2.45, 2.75) is 4.90 Å². The molecule has 0 fully saturated rings. The van der Waals surface area contributed by atoms with Crippen LogP contribution in [0, 0.1) is 5.82 Å². The fourth-order valence-electron chi connectivity index (χ4n) is 0.663. The molecule has 0 amide bonds. The monoisotopic (exact) mass is 194 g/mol. The van der Waals surface area contributed by atoms with Crippen LogP contribution in [0.5, 0.6) is 0 Å². The molecule has 1 rings (SSSR count). The van der Waals surface area contributed by atoms with Crippen LogP contribution >= 0.6 is 11.6 Å². The molecule has 0 aromatic heterocycles. The van der Waals surface area contributed by atoms with Crippen molar-refractivity contribution in [1.82, 2.24) is 0 Å². The van der Waals surface area contributed by atoms with E-state index in [9.17, 15) is 12.8 Å². The summed E-state index contributed by atoms with van der Waals surface area (Å²) in [6.45, 7) is 0. The van der Waals surface area contributed by atoms with Crippen molar-refractivity contribution in [2.75, 3.05) is 0 Å². The summed E-state index contributed by atoms with van der Waals surface area (Å²) < 4.78 is 33.3. The average Bonchev–Trinajstić information content (AvgIpc) is 1.85. The standard InChI is InChI=1S/C6H4ClFO2S/c7-4-2-1-3-5(8)6(4)11(9)10/h1-3,11H. The SMILES string of the molecule is O=[SH](=O)c1c(F)cccc1Cl. The predicted molar refractivity (Wildman–Crippen MR) is 40.0 cm³/mol. The molecule has 0 aliphatic carbocycles. The molecule has 0 spiro atoms. The molecular formula is C6H4ClFO2S. The van der Waals surface area contributed by atoms with Gasteiger partial charge < -0.3 is 0 Å². The molecule has 0 aliphatic heterocycles. The minimum Gasteiger partial charge on any atom is -0.227 e. The number of hydrogen-bond donors (Lipinski definition) is 1. The molecule has 60 valence electrons. The first kappa shape index (κ1) is 8.49. The highest BCUT2D eigenvalue weighted by molar-refractivity contribution is 7.72. The van der Waals surface area contributed by atoms with Gasteiger partial charge in [-0.05, 0) is 12.1 Å². The van der Waals surface area contributed by atoms with Crippen molar-refractivity contribution in [2.24, 2.45) is 0 Å². The normalized spacial score (nSPS) is 10.5. The Bertz CT molecular complexity index is 320. The Morgan fingerprint density at radius 1 is 1.36 bits per heavy atom. The van der Waals surface area contributed by atoms with Crippen molar-refractivity contribution >= 4 is 22.3 Å². The molecule has 0 saturated heterocycles. The summed E-state index contributed by atoms with van der Waals surface area (Å²) in [4.78, 5) is -0.441. The van der Waals surface area contributed by atoms with E-state index in [1.807, 2.05) is 0 Å². The van der Waals surface area contributed by atoms with Gasteiger partial charge in [0.15, 0.2) is 10.7 Å². The highest BCUT2D eigenvalue weighted by Gasteiger charge is 2.07. The number of halogens is 2. The maximum absolute atomic E-state index is 12.6. The van der Waals surface area contributed by atoms with Crippen molar-refractivity contribution in [3.05, 3.63) is 29.0 Å². The van der Waals surface area contributed by atoms with E-state index in [-0.39, 0.29) is 5.02 Å². The Morgan fingerprint density at radius 3 is 2.36 bits per heavy atom. The Balaban J connectivity index is 3.44. The smallest absolute Gasteiger partial charge is 0.172 e. The van der Waals surface area contributed by atoms with Crippen LogP contribution in [0.1, 0.15) is 0 Å². The van der Waals surface area contributed by atoms with Crippen LogP contribution < -0.4 is 0 Å². The Morgan fingerprint density at radius 2 is 2.00 bits per heavy atom. The number of rotatable bonds is 1. The third-order valence-electron chi connectivity index (χ3n) is 1.12. The summed E-state index contributed by atoms with van der Waals surface area (Å²) in [5.74, 6) is -0.811. The molecule has 0 atom stereocenters.